The molecule has 1 aliphatic carbocycles. The lowest BCUT2D eigenvalue weighted by Gasteiger charge is -2.22. The monoisotopic (exact) mass is 370 g/mol. The topological polar surface area (TPSA) is 63.8 Å². The van der Waals surface area contributed by atoms with Crippen LogP contribution >= 0.6 is 11.8 Å². The van der Waals surface area contributed by atoms with Gasteiger partial charge in [-0.05, 0) is 38.0 Å². The smallest absolute Gasteiger partial charge is 0.287 e. The van der Waals surface area contributed by atoms with Gasteiger partial charge in [0.25, 0.3) is 5.91 Å². The molecular formula is C20H22N2O3S. The first-order valence-electron chi connectivity index (χ1n) is 8.81. The molecule has 1 aliphatic heterocycles. The van der Waals surface area contributed by atoms with E-state index in [9.17, 15) is 4.79 Å². The Hall–Kier alpha value is -2.21. The number of furan rings is 1. The summed E-state index contributed by atoms with van der Waals surface area (Å²) in [6.07, 6.45) is 1.91. The molecule has 4 rings (SSSR count). The van der Waals surface area contributed by atoms with Crippen LogP contribution in [0.2, 0.25) is 0 Å². The van der Waals surface area contributed by atoms with Crippen molar-refractivity contribution in [2.24, 2.45) is 4.99 Å². The summed E-state index contributed by atoms with van der Waals surface area (Å²) in [5.41, 5.74) is 3.04. The Labute approximate surface area is 157 Å². The average Bonchev–Trinajstić information content (AvgIpc) is 3.19. The maximum atomic E-state index is 12.7. The molecule has 0 unspecified atom stereocenters. The number of amides is 1. The molecule has 1 aromatic carbocycles. The molecule has 1 aromatic heterocycles. The van der Waals surface area contributed by atoms with Gasteiger partial charge < -0.3 is 14.5 Å². The molecule has 1 N–H and O–H groups in total. The number of benzene rings is 1. The van der Waals surface area contributed by atoms with E-state index in [1.807, 2.05) is 43.0 Å². The SMILES string of the molecule is COc1cccc(CNC(=O)c2oc3c(c2C)[C@H]2N=C(C)S[C@H]2CC3)c1. The van der Waals surface area contributed by atoms with Crippen molar-refractivity contribution in [1.29, 1.82) is 0 Å². The third kappa shape index (κ3) is 3.03. The van der Waals surface area contributed by atoms with E-state index in [0.717, 1.165) is 46.1 Å². The molecule has 0 fully saturated rings. The van der Waals surface area contributed by atoms with E-state index in [1.54, 1.807) is 7.11 Å². The van der Waals surface area contributed by atoms with E-state index >= 15 is 0 Å². The zero-order chi connectivity index (χ0) is 18.3. The third-order valence-electron chi connectivity index (χ3n) is 5.01. The Morgan fingerprint density at radius 3 is 3.08 bits per heavy atom. The summed E-state index contributed by atoms with van der Waals surface area (Å²) in [6.45, 7) is 4.46. The number of hydrogen-bond donors (Lipinski definition) is 1. The van der Waals surface area contributed by atoms with Crippen LogP contribution in [0.5, 0.6) is 5.75 Å². The molecule has 0 spiro atoms. The molecule has 1 amide bonds. The van der Waals surface area contributed by atoms with Crippen molar-refractivity contribution in [1.82, 2.24) is 5.32 Å². The number of hydrogen-bond acceptors (Lipinski definition) is 5. The molecule has 2 atom stereocenters. The summed E-state index contributed by atoms with van der Waals surface area (Å²) in [5.74, 6) is 1.94. The second-order valence-electron chi connectivity index (χ2n) is 6.72. The highest BCUT2D eigenvalue weighted by molar-refractivity contribution is 8.14. The van der Waals surface area contributed by atoms with Crippen LogP contribution in [0.15, 0.2) is 33.7 Å². The molecule has 5 nitrogen and oxygen atoms in total. The lowest BCUT2D eigenvalue weighted by Crippen LogP contribution is -2.23. The number of ether oxygens (including phenoxy) is 1. The number of aryl methyl sites for hydroxylation is 1. The van der Waals surface area contributed by atoms with Crippen molar-refractivity contribution in [3.05, 3.63) is 52.5 Å². The van der Waals surface area contributed by atoms with Gasteiger partial charge in [-0.1, -0.05) is 12.1 Å². The lowest BCUT2D eigenvalue weighted by molar-refractivity contribution is 0.0920. The minimum absolute atomic E-state index is 0.132. The summed E-state index contributed by atoms with van der Waals surface area (Å²) < 4.78 is 11.2. The molecular weight excluding hydrogens is 348 g/mol. The number of methoxy groups -OCH3 is 1. The molecule has 26 heavy (non-hydrogen) atoms. The van der Waals surface area contributed by atoms with E-state index in [4.69, 9.17) is 14.1 Å². The van der Waals surface area contributed by atoms with Crippen molar-refractivity contribution in [2.75, 3.05) is 7.11 Å². The minimum atomic E-state index is -0.178. The molecule has 6 heteroatoms. The number of carbonyl (C=O) groups excluding carboxylic acids is 1. The van der Waals surface area contributed by atoms with Gasteiger partial charge in [0.05, 0.1) is 18.2 Å². The maximum absolute atomic E-state index is 12.7. The summed E-state index contributed by atoms with van der Waals surface area (Å²) in [5, 5.41) is 4.56. The first-order valence-corrected chi connectivity index (χ1v) is 9.69. The van der Waals surface area contributed by atoms with E-state index < -0.39 is 0 Å². The first-order chi connectivity index (χ1) is 12.6. The Morgan fingerprint density at radius 1 is 1.42 bits per heavy atom. The van der Waals surface area contributed by atoms with E-state index in [0.29, 0.717) is 17.6 Å². The van der Waals surface area contributed by atoms with Gasteiger partial charge in [0, 0.05) is 29.3 Å². The van der Waals surface area contributed by atoms with Crippen molar-refractivity contribution >= 4 is 22.7 Å². The Kier molecular flexibility index (Phi) is 4.53. The number of nitrogens with one attached hydrogen (secondary N) is 1. The first kappa shape index (κ1) is 17.2. The lowest BCUT2D eigenvalue weighted by atomic mass is 9.90. The standard InChI is InChI=1S/C20H22N2O3S/c1-11-17-15(7-8-16-18(17)22-12(2)26-16)25-19(11)20(23)21-10-13-5-4-6-14(9-13)24-3/h4-6,9,16,18H,7-8,10H2,1-3H3,(H,21,23)/t16-,18-/m0/s1. The van der Waals surface area contributed by atoms with Crippen molar-refractivity contribution in [3.8, 4) is 5.75 Å². The van der Waals surface area contributed by atoms with Crippen LogP contribution < -0.4 is 10.1 Å². The van der Waals surface area contributed by atoms with Gasteiger partial charge in [-0.25, -0.2) is 0 Å². The third-order valence-corrected chi connectivity index (χ3v) is 6.25. The average molecular weight is 370 g/mol. The molecule has 0 radical (unpaired) electrons. The van der Waals surface area contributed by atoms with Crippen LogP contribution in [0.3, 0.4) is 0 Å². The zero-order valence-electron chi connectivity index (χ0n) is 15.2. The quantitative estimate of drug-likeness (QED) is 0.882. The van der Waals surface area contributed by atoms with Gasteiger partial charge in [0.1, 0.15) is 11.5 Å². The number of aliphatic imine (C=N–C) groups is 1. The molecule has 2 heterocycles. The van der Waals surface area contributed by atoms with Crippen LogP contribution in [0.1, 0.15) is 52.4 Å². The highest BCUT2D eigenvalue weighted by Gasteiger charge is 2.39. The van der Waals surface area contributed by atoms with Gasteiger partial charge in [-0.3, -0.25) is 9.79 Å². The van der Waals surface area contributed by atoms with Gasteiger partial charge >= 0.3 is 0 Å². The predicted molar refractivity (Wildman–Crippen MR) is 103 cm³/mol. The van der Waals surface area contributed by atoms with E-state index in [-0.39, 0.29) is 11.9 Å². The largest absolute Gasteiger partial charge is 0.497 e. The predicted octanol–water partition coefficient (Wildman–Crippen LogP) is 4.05. The van der Waals surface area contributed by atoms with Crippen LogP contribution in [-0.2, 0) is 13.0 Å². The van der Waals surface area contributed by atoms with Gasteiger partial charge in [-0.15, -0.1) is 11.8 Å². The van der Waals surface area contributed by atoms with Crippen LogP contribution in [0.4, 0.5) is 0 Å². The summed E-state index contributed by atoms with van der Waals surface area (Å²) in [6, 6.07) is 7.80. The van der Waals surface area contributed by atoms with Crippen molar-refractivity contribution in [3.63, 3.8) is 0 Å². The van der Waals surface area contributed by atoms with Gasteiger partial charge in [0.15, 0.2) is 5.76 Å². The second kappa shape index (κ2) is 6.83. The van der Waals surface area contributed by atoms with Gasteiger partial charge in [-0.2, -0.15) is 0 Å². The molecule has 0 saturated carbocycles. The van der Waals surface area contributed by atoms with Crippen LogP contribution in [0.25, 0.3) is 0 Å². The molecule has 136 valence electrons. The minimum Gasteiger partial charge on any atom is -0.497 e. The van der Waals surface area contributed by atoms with Crippen molar-refractivity contribution < 1.29 is 13.9 Å². The number of nitrogens with zero attached hydrogens (tertiary/aromatic N) is 1. The molecule has 2 aliphatic rings. The number of carbonyl (C=O) groups is 1. The highest BCUT2D eigenvalue weighted by Crippen LogP contribution is 2.47. The van der Waals surface area contributed by atoms with Crippen LogP contribution in [-0.4, -0.2) is 23.3 Å². The fourth-order valence-electron chi connectivity index (χ4n) is 3.75. The van der Waals surface area contributed by atoms with E-state index in [1.165, 1.54) is 0 Å². The fraction of sp³-hybridized carbons (Fsp3) is 0.400. The second-order valence-corrected chi connectivity index (χ2v) is 8.15. The molecule has 0 saturated heterocycles. The Balaban J connectivity index is 1.53. The number of fused-ring (bicyclic) bond motifs is 3. The Bertz CT molecular complexity index is 887. The summed E-state index contributed by atoms with van der Waals surface area (Å²) >= 11 is 1.85. The maximum Gasteiger partial charge on any atom is 0.287 e. The Morgan fingerprint density at radius 2 is 2.27 bits per heavy atom. The fourth-order valence-corrected chi connectivity index (χ4v) is 4.93. The normalized spacial score (nSPS) is 21.0. The highest BCUT2D eigenvalue weighted by atomic mass is 32.2. The van der Waals surface area contributed by atoms with E-state index in [2.05, 4.69) is 12.2 Å². The van der Waals surface area contributed by atoms with Crippen LogP contribution in [0, 0.1) is 6.92 Å². The van der Waals surface area contributed by atoms with Gasteiger partial charge in [0.2, 0.25) is 0 Å². The summed E-state index contributed by atoms with van der Waals surface area (Å²) in [7, 11) is 1.63. The number of thioether (sulfide) groups is 1. The summed E-state index contributed by atoms with van der Waals surface area (Å²) in [4.78, 5) is 17.5. The van der Waals surface area contributed by atoms with Crippen molar-refractivity contribution in [2.45, 2.75) is 44.5 Å². The molecule has 2 aromatic rings. The number of rotatable bonds is 4. The molecule has 0 bridgehead atoms. The zero-order valence-corrected chi connectivity index (χ0v) is 16.0.